The van der Waals surface area contributed by atoms with Crippen LogP contribution in [0.5, 0.6) is 5.75 Å². The summed E-state index contributed by atoms with van der Waals surface area (Å²) >= 11 is 0.204. The summed E-state index contributed by atoms with van der Waals surface area (Å²) in [5, 5.41) is 12.2. The fourth-order valence-corrected chi connectivity index (χ4v) is 6.50. The van der Waals surface area contributed by atoms with Gasteiger partial charge in [-0.3, -0.25) is 0 Å². The van der Waals surface area contributed by atoms with E-state index in [0.717, 1.165) is 22.2 Å². The third kappa shape index (κ3) is 7.93. The maximum atomic E-state index is 13.5. The van der Waals surface area contributed by atoms with E-state index in [2.05, 4.69) is 12.1 Å². The zero-order valence-electron chi connectivity index (χ0n) is 22.3. The van der Waals surface area contributed by atoms with Crippen molar-refractivity contribution in [2.75, 3.05) is 13.7 Å². The number of benzene rings is 3. The number of rotatable bonds is 13. The first-order valence-electron chi connectivity index (χ1n) is 13.1. The van der Waals surface area contributed by atoms with Crippen molar-refractivity contribution in [3.05, 3.63) is 96.1 Å². The molecule has 8 heteroatoms. The van der Waals surface area contributed by atoms with E-state index in [1.54, 1.807) is 14.0 Å². The second-order valence-electron chi connectivity index (χ2n) is 9.56. The van der Waals surface area contributed by atoms with Crippen LogP contribution < -0.4 is 9.20 Å². The summed E-state index contributed by atoms with van der Waals surface area (Å²) in [6.07, 6.45) is -1.25. The molecule has 1 N–H and O–H groups in total. The van der Waals surface area contributed by atoms with Gasteiger partial charge < -0.3 is 0 Å². The Morgan fingerprint density at radius 1 is 1.03 bits per heavy atom. The van der Waals surface area contributed by atoms with Crippen LogP contribution in [0.3, 0.4) is 0 Å². The van der Waals surface area contributed by atoms with Crippen LogP contribution in [-0.2, 0) is 27.3 Å². The number of carbonyl (C=O) groups is 2. The number of ether oxygens (including phenoxy) is 3. The molecule has 1 saturated heterocycles. The Morgan fingerprint density at radius 2 is 1.69 bits per heavy atom. The molecule has 3 aromatic carbocycles. The van der Waals surface area contributed by atoms with Gasteiger partial charge in [-0.15, -0.1) is 0 Å². The number of methoxy groups -OCH3 is 1. The molecule has 0 radical (unpaired) electrons. The van der Waals surface area contributed by atoms with Crippen LogP contribution in [0.1, 0.15) is 24.5 Å². The standard InChI is InChI=1S/C31H35NO6Se/c1-22(30(34)32-25(21-38-31(32)35)19-23-9-5-3-6-10-23)29(33)28(17-18-39-27-11-7-4-8-12-27)37-20-24-13-15-26(36-2)16-14-24/h3-16,22,25,28-29,33H,17-21H2,1-2H3/t22-,25+,28+,29-/m0/s1. The second-order valence-corrected chi connectivity index (χ2v) is 12.0. The van der Waals surface area contributed by atoms with E-state index in [9.17, 15) is 14.7 Å². The van der Waals surface area contributed by atoms with Gasteiger partial charge in [-0.25, -0.2) is 0 Å². The monoisotopic (exact) mass is 597 g/mol. The van der Waals surface area contributed by atoms with Crippen molar-refractivity contribution in [3.63, 3.8) is 0 Å². The van der Waals surface area contributed by atoms with E-state index in [-0.39, 0.29) is 28.2 Å². The van der Waals surface area contributed by atoms with E-state index in [1.807, 2.05) is 72.8 Å². The van der Waals surface area contributed by atoms with Crippen molar-refractivity contribution < 1.29 is 28.9 Å². The van der Waals surface area contributed by atoms with Gasteiger partial charge in [-0.2, -0.15) is 0 Å². The fourth-order valence-electron chi connectivity index (χ4n) is 4.54. The molecule has 3 aromatic rings. The topological polar surface area (TPSA) is 85.3 Å². The van der Waals surface area contributed by atoms with Gasteiger partial charge in [0.05, 0.1) is 0 Å². The van der Waals surface area contributed by atoms with Gasteiger partial charge in [0, 0.05) is 0 Å². The molecule has 2 amide bonds. The van der Waals surface area contributed by atoms with E-state index < -0.39 is 36.2 Å². The summed E-state index contributed by atoms with van der Waals surface area (Å²) in [6.45, 7) is 2.08. The molecule has 1 fully saturated rings. The van der Waals surface area contributed by atoms with Crippen molar-refractivity contribution in [1.29, 1.82) is 0 Å². The van der Waals surface area contributed by atoms with Crippen molar-refractivity contribution in [3.8, 4) is 5.75 Å². The maximum absolute atomic E-state index is 13.5. The minimum atomic E-state index is -1.09. The summed E-state index contributed by atoms with van der Waals surface area (Å²) < 4.78 is 18.0. The molecule has 0 spiro atoms. The minimum absolute atomic E-state index is 0.138. The van der Waals surface area contributed by atoms with Crippen molar-refractivity contribution in [2.45, 2.75) is 49.9 Å². The second kappa shape index (κ2) is 14.3. The number of nitrogens with zero attached hydrogens (tertiary/aromatic N) is 1. The molecule has 1 aliphatic heterocycles. The molecule has 1 aliphatic rings. The number of carbonyl (C=O) groups excluding carboxylic acids is 2. The van der Waals surface area contributed by atoms with Crippen molar-refractivity contribution in [1.82, 2.24) is 4.90 Å². The summed E-state index contributed by atoms with van der Waals surface area (Å²) in [7, 11) is 1.62. The Bertz CT molecular complexity index is 1190. The number of hydrogen-bond acceptors (Lipinski definition) is 6. The van der Waals surface area contributed by atoms with E-state index >= 15 is 0 Å². The Kier molecular flexibility index (Phi) is 10.6. The average Bonchev–Trinajstić information content (AvgIpc) is 3.34. The molecule has 39 heavy (non-hydrogen) atoms. The van der Waals surface area contributed by atoms with Crippen LogP contribution in [0, 0.1) is 5.92 Å². The molecule has 4 rings (SSSR count). The first-order chi connectivity index (χ1) is 19.0. The molecule has 0 aromatic heterocycles. The Labute approximate surface area is 236 Å². The van der Waals surface area contributed by atoms with Crippen LogP contribution in [0.4, 0.5) is 4.79 Å². The first-order valence-corrected chi connectivity index (χ1v) is 15.2. The van der Waals surface area contributed by atoms with Gasteiger partial charge in [0.1, 0.15) is 0 Å². The number of aliphatic hydroxyl groups excluding tert-OH is 1. The van der Waals surface area contributed by atoms with Crippen LogP contribution in [-0.4, -0.2) is 68.9 Å². The molecule has 7 nitrogen and oxygen atoms in total. The summed E-state index contributed by atoms with van der Waals surface area (Å²) in [5.74, 6) is -0.542. The third-order valence-electron chi connectivity index (χ3n) is 6.83. The molecule has 0 saturated carbocycles. The predicted octanol–water partition coefficient (Wildman–Crippen LogP) is 4.01. The number of cyclic esters (lactones) is 1. The van der Waals surface area contributed by atoms with Gasteiger partial charge >= 0.3 is 231 Å². The normalized spacial score (nSPS) is 17.4. The number of hydrogen-bond donors (Lipinski definition) is 1. The van der Waals surface area contributed by atoms with Crippen LogP contribution in [0.25, 0.3) is 0 Å². The van der Waals surface area contributed by atoms with E-state index in [0.29, 0.717) is 12.8 Å². The fraction of sp³-hybridized carbons (Fsp3) is 0.355. The van der Waals surface area contributed by atoms with Crippen LogP contribution >= 0.6 is 0 Å². The van der Waals surface area contributed by atoms with Gasteiger partial charge in [0.25, 0.3) is 0 Å². The first kappa shape index (κ1) is 28.8. The SMILES string of the molecule is COc1ccc(CO[C@H](CC[Se]c2ccccc2)[C@@H](O)[C@H](C)C(=O)N2C(=O)OC[C@H]2Cc2ccccc2)cc1. The number of amides is 2. The number of aliphatic hydroxyl groups is 1. The number of imide groups is 1. The summed E-state index contributed by atoms with van der Waals surface area (Å²) in [6, 6.07) is 27.1. The van der Waals surface area contributed by atoms with Crippen LogP contribution in [0.15, 0.2) is 84.9 Å². The molecule has 0 aliphatic carbocycles. The van der Waals surface area contributed by atoms with Crippen molar-refractivity contribution in [2.24, 2.45) is 5.92 Å². The zero-order valence-corrected chi connectivity index (χ0v) is 24.0. The van der Waals surface area contributed by atoms with E-state index in [1.165, 1.54) is 9.36 Å². The van der Waals surface area contributed by atoms with Gasteiger partial charge in [0.2, 0.25) is 0 Å². The predicted molar refractivity (Wildman–Crippen MR) is 150 cm³/mol. The zero-order chi connectivity index (χ0) is 27.6. The van der Waals surface area contributed by atoms with E-state index in [4.69, 9.17) is 14.2 Å². The molecule has 4 atom stereocenters. The molecule has 206 valence electrons. The average molecular weight is 597 g/mol. The molecule has 0 bridgehead atoms. The molecule has 1 heterocycles. The van der Waals surface area contributed by atoms with Gasteiger partial charge in [-0.1, -0.05) is 6.07 Å². The molecular formula is C31H35NO6Se. The molecular weight excluding hydrogens is 561 g/mol. The Hall–Kier alpha value is -3.16. The third-order valence-corrected chi connectivity index (χ3v) is 9.03. The summed E-state index contributed by atoms with van der Waals surface area (Å²) in [5.41, 5.74) is 1.95. The van der Waals surface area contributed by atoms with Gasteiger partial charge in [0.15, 0.2) is 0 Å². The van der Waals surface area contributed by atoms with Gasteiger partial charge in [-0.05, 0) is 0 Å². The van der Waals surface area contributed by atoms with Crippen molar-refractivity contribution >= 4 is 31.4 Å². The molecule has 0 unspecified atom stereocenters. The Morgan fingerprint density at radius 3 is 2.36 bits per heavy atom. The Balaban J connectivity index is 1.44. The quantitative estimate of drug-likeness (QED) is 0.301. The summed E-state index contributed by atoms with van der Waals surface area (Å²) in [4.78, 5) is 27.3. The van der Waals surface area contributed by atoms with Crippen LogP contribution in [0.2, 0.25) is 5.32 Å².